The van der Waals surface area contributed by atoms with Crippen LogP contribution in [0.4, 0.5) is 0 Å². The molecule has 2 rings (SSSR count). The number of ketones is 1. The van der Waals surface area contributed by atoms with Crippen LogP contribution in [0.25, 0.3) is 0 Å². The maximum Gasteiger partial charge on any atom is 0.155 e. The van der Waals surface area contributed by atoms with Crippen molar-refractivity contribution in [3.63, 3.8) is 0 Å². The van der Waals surface area contributed by atoms with Crippen LogP contribution in [-0.4, -0.2) is 42.4 Å². The Bertz CT molecular complexity index is 308. The number of rotatable bonds is 4. The summed E-state index contributed by atoms with van der Waals surface area (Å²) in [5, 5.41) is 3.37. The predicted octanol–water partition coefficient (Wildman–Crippen LogP) is 2.46. The molecule has 1 aliphatic carbocycles. The second-order valence-corrected chi connectivity index (χ2v) is 6.72. The van der Waals surface area contributed by atoms with Crippen molar-refractivity contribution >= 4 is 5.78 Å². The van der Waals surface area contributed by atoms with E-state index in [4.69, 9.17) is 0 Å². The third-order valence-electron chi connectivity index (χ3n) is 5.28. The van der Waals surface area contributed by atoms with E-state index in [0.717, 1.165) is 39.0 Å². The molecule has 0 bridgehead atoms. The van der Waals surface area contributed by atoms with Crippen LogP contribution in [0.3, 0.4) is 0 Å². The third-order valence-corrected chi connectivity index (χ3v) is 5.28. The fourth-order valence-corrected chi connectivity index (χ4v) is 3.87. The molecule has 110 valence electrons. The molecule has 1 saturated carbocycles. The average molecular weight is 266 g/mol. The van der Waals surface area contributed by atoms with Crippen LogP contribution < -0.4 is 5.32 Å². The Morgan fingerprint density at radius 2 is 1.84 bits per heavy atom. The maximum absolute atomic E-state index is 13.0. The van der Waals surface area contributed by atoms with Gasteiger partial charge in [-0.3, -0.25) is 9.69 Å². The van der Waals surface area contributed by atoms with Gasteiger partial charge in [-0.15, -0.1) is 0 Å². The van der Waals surface area contributed by atoms with Gasteiger partial charge in [0.05, 0.1) is 5.54 Å². The van der Waals surface area contributed by atoms with Gasteiger partial charge in [-0.1, -0.05) is 26.2 Å². The van der Waals surface area contributed by atoms with E-state index in [2.05, 4.69) is 31.0 Å². The van der Waals surface area contributed by atoms with E-state index in [9.17, 15) is 4.79 Å². The molecule has 0 amide bonds. The van der Waals surface area contributed by atoms with Gasteiger partial charge in [-0.05, 0) is 32.6 Å². The standard InChI is InChI=1S/C16H30N2O/c1-4-13-7-5-6-8-14(13)15(19)16(2,3)18-11-9-17-10-12-18/h13-14,17H,4-12H2,1-3H3. The average Bonchev–Trinajstić information content (AvgIpc) is 2.47. The quantitative estimate of drug-likeness (QED) is 0.848. The highest BCUT2D eigenvalue weighted by Gasteiger charge is 2.41. The molecule has 3 heteroatoms. The minimum absolute atomic E-state index is 0.280. The number of carbonyl (C=O) groups is 1. The number of carbonyl (C=O) groups excluding carboxylic acids is 1. The van der Waals surface area contributed by atoms with E-state index >= 15 is 0 Å². The van der Waals surface area contributed by atoms with Crippen LogP contribution in [0.5, 0.6) is 0 Å². The summed E-state index contributed by atoms with van der Waals surface area (Å²) in [6, 6.07) is 0. The van der Waals surface area contributed by atoms with Crippen LogP contribution in [0.1, 0.15) is 52.9 Å². The first kappa shape index (κ1) is 15.0. The molecule has 0 aromatic carbocycles. The Morgan fingerprint density at radius 1 is 1.21 bits per heavy atom. The summed E-state index contributed by atoms with van der Waals surface area (Å²) < 4.78 is 0. The Hall–Kier alpha value is -0.410. The van der Waals surface area contributed by atoms with Crippen LogP contribution >= 0.6 is 0 Å². The fraction of sp³-hybridized carbons (Fsp3) is 0.938. The maximum atomic E-state index is 13.0. The van der Waals surface area contributed by atoms with Gasteiger partial charge in [0.25, 0.3) is 0 Å². The molecular formula is C16H30N2O. The molecule has 0 spiro atoms. The summed E-state index contributed by atoms with van der Waals surface area (Å²) in [7, 11) is 0. The highest BCUT2D eigenvalue weighted by molar-refractivity contribution is 5.90. The van der Waals surface area contributed by atoms with Gasteiger partial charge in [-0.25, -0.2) is 0 Å². The van der Waals surface area contributed by atoms with Crippen molar-refractivity contribution < 1.29 is 4.79 Å². The highest BCUT2D eigenvalue weighted by atomic mass is 16.1. The zero-order valence-corrected chi connectivity index (χ0v) is 12.9. The third kappa shape index (κ3) is 3.19. The van der Waals surface area contributed by atoms with Crippen LogP contribution in [0.15, 0.2) is 0 Å². The number of nitrogens with zero attached hydrogens (tertiary/aromatic N) is 1. The summed E-state index contributed by atoms with van der Waals surface area (Å²) in [5.74, 6) is 1.44. The molecule has 0 aromatic rings. The predicted molar refractivity (Wildman–Crippen MR) is 79.3 cm³/mol. The zero-order valence-electron chi connectivity index (χ0n) is 12.9. The molecule has 2 aliphatic rings. The van der Waals surface area contributed by atoms with Crippen molar-refractivity contribution in [2.24, 2.45) is 11.8 Å². The second-order valence-electron chi connectivity index (χ2n) is 6.72. The number of hydrogen-bond donors (Lipinski definition) is 1. The monoisotopic (exact) mass is 266 g/mol. The lowest BCUT2D eigenvalue weighted by Crippen LogP contribution is -2.59. The number of Topliss-reactive ketones (excluding diaryl/α,β-unsaturated/α-hetero) is 1. The Morgan fingerprint density at radius 3 is 2.47 bits per heavy atom. The normalized spacial score (nSPS) is 30.3. The molecule has 1 saturated heterocycles. The summed E-state index contributed by atoms with van der Waals surface area (Å²) in [6.07, 6.45) is 6.09. The van der Waals surface area contributed by atoms with E-state index in [1.54, 1.807) is 0 Å². The van der Waals surface area contributed by atoms with Crippen LogP contribution in [0.2, 0.25) is 0 Å². The lowest BCUT2D eigenvalue weighted by molar-refractivity contribution is -0.137. The Kier molecular flexibility index (Phi) is 5.02. The summed E-state index contributed by atoms with van der Waals surface area (Å²) in [4.78, 5) is 15.4. The number of piperazine rings is 1. The first-order chi connectivity index (χ1) is 9.07. The molecule has 19 heavy (non-hydrogen) atoms. The second kappa shape index (κ2) is 6.36. The summed E-state index contributed by atoms with van der Waals surface area (Å²) >= 11 is 0. The van der Waals surface area contributed by atoms with Gasteiger partial charge in [0.15, 0.2) is 5.78 Å². The molecule has 2 unspecified atom stereocenters. The van der Waals surface area contributed by atoms with Crippen molar-refractivity contribution in [2.75, 3.05) is 26.2 Å². The van der Waals surface area contributed by atoms with Gasteiger partial charge in [0.2, 0.25) is 0 Å². The molecule has 1 heterocycles. The van der Waals surface area contributed by atoms with E-state index in [0.29, 0.717) is 17.6 Å². The van der Waals surface area contributed by atoms with Crippen molar-refractivity contribution in [2.45, 2.75) is 58.4 Å². The Labute approximate surface area is 118 Å². The lowest BCUT2D eigenvalue weighted by Gasteiger charge is -2.43. The van der Waals surface area contributed by atoms with Crippen molar-refractivity contribution in [3.05, 3.63) is 0 Å². The van der Waals surface area contributed by atoms with Gasteiger partial charge in [0, 0.05) is 32.1 Å². The van der Waals surface area contributed by atoms with Crippen molar-refractivity contribution in [1.29, 1.82) is 0 Å². The minimum atomic E-state index is -0.280. The molecule has 2 atom stereocenters. The zero-order chi connectivity index (χ0) is 13.9. The number of nitrogens with one attached hydrogen (secondary N) is 1. The van der Waals surface area contributed by atoms with Gasteiger partial charge in [0.1, 0.15) is 0 Å². The topological polar surface area (TPSA) is 32.3 Å². The van der Waals surface area contributed by atoms with Gasteiger partial charge >= 0.3 is 0 Å². The van der Waals surface area contributed by atoms with Crippen molar-refractivity contribution in [3.8, 4) is 0 Å². The molecular weight excluding hydrogens is 236 g/mol. The van der Waals surface area contributed by atoms with Crippen molar-refractivity contribution in [1.82, 2.24) is 10.2 Å². The highest BCUT2D eigenvalue weighted by Crippen LogP contribution is 2.36. The Balaban J connectivity index is 2.07. The van der Waals surface area contributed by atoms with E-state index in [1.165, 1.54) is 19.3 Å². The fourth-order valence-electron chi connectivity index (χ4n) is 3.87. The van der Waals surface area contributed by atoms with E-state index in [-0.39, 0.29) is 5.54 Å². The van der Waals surface area contributed by atoms with Crippen LogP contribution in [-0.2, 0) is 4.79 Å². The van der Waals surface area contributed by atoms with Gasteiger partial charge in [-0.2, -0.15) is 0 Å². The first-order valence-corrected chi connectivity index (χ1v) is 8.07. The van der Waals surface area contributed by atoms with Crippen LogP contribution in [0, 0.1) is 11.8 Å². The minimum Gasteiger partial charge on any atom is -0.314 e. The first-order valence-electron chi connectivity index (χ1n) is 8.07. The molecule has 1 aliphatic heterocycles. The smallest absolute Gasteiger partial charge is 0.155 e. The van der Waals surface area contributed by atoms with E-state index in [1.807, 2.05) is 0 Å². The van der Waals surface area contributed by atoms with Gasteiger partial charge < -0.3 is 5.32 Å². The van der Waals surface area contributed by atoms with E-state index < -0.39 is 0 Å². The summed E-state index contributed by atoms with van der Waals surface area (Å²) in [5.41, 5.74) is -0.280. The SMILES string of the molecule is CCC1CCCCC1C(=O)C(C)(C)N1CCNCC1. The summed E-state index contributed by atoms with van der Waals surface area (Å²) in [6.45, 7) is 10.6. The lowest BCUT2D eigenvalue weighted by atomic mass is 9.71. The molecule has 3 nitrogen and oxygen atoms in total. The molecule has 0 aromatic heterocycles. The largest absolute Gasteiger partial charge is 0.314 e. The number of hydrogen-bond acceptors (Lipinski definition) is 3. The molecule has 1 N–H and O–H groups in total. The molecule has 0 radical (unpaired) electrons. The molecule has 2 fully saturated rings.